The largest absolute Gasteiger partial charge is 0.497 e. The van der Waals surface area contributed by atoms with Crippen molar-refractivity contribution in [1.29, 1.82) is 5.26 Å². The van der Waals surface area contributed by atoms with Gasteiger partial charge >= 0.3 is 0 Å². The summed E-state index contributed by atoms with van der Waals surface area (Å²) in [4.78, 5) is 16.9. The summed E-state index contributed by atoms with van der Waals surface area (Å²) in [7, 11) is 3.14. The van der Waals surface area contributed by atoms with E-state index in [1.165, 1.54) is 0 Å². The fourth-order valence-corrected chi connectivity index (χ4v) is 3.03. The lowest BCUT2D eigenvalue weighted by atomic mass is 10.1. The molecular weight excluding hydrogens is 330 g/mol. The van der Waals surface area contributed by atoms with E-state index < -0.39 is 0 Å². The standard InChI is InChI=1S/C20H21N3O3/c1-25-18-11-16(12-19(13-18)26-2)20(24)23-9-7-22(8-10-23)17-5-3-15(14-21)4-6-17/h3-6,11-13H,7-10H2,1-2H3. The molecule has 2 aromatic rings. The van der Waals surface area contributed by atoms with Gasteiger partial charge in [-0.25, -0.2) is 0 Å². The van der Waals surface area contributed by atoms with Crippen molar-refractivity contribution in [2.45, 2.75) is 0 Å². The minimum Gasteiger partial charge on any atom is -0.497 e. The minimum absolute atomic E-state index is 0.0262. The Bertz CT molecular complexity index is 797. The highest BCUT2D eigenvalue weighted by molar-refractivity contribution is 5.95. The zero-order valence-corrected chi connectivity index (χ0v) is 14.9. The van der Waals surface area contributed by atoms with E-state index in [1.807, 2.05) is 29.2 Å². The van der Waals surface area contributed by atoms with Gasteiger partial charge in [-0.1, -0.05) is 0 Å². The van der Waals surface area contributed by atoms with Crippen LogP contribution in [-0.2, 0) is 0 Å². The molecule has 1 aliphatic heterocycles. The van der Waals surface area contributed by atoms with E-state index in [0.29, 0.717) is 35.7 Å². The topological polar surface area (TPSA) is 65.8 Å². The number of amides is 1. The predicted molar refractivity (Wildman–Crippen MR) is 98.8 cm³/mol. The maximum absolute atomic E-state index is 12.8. The van der Waals surface area contributed by atoms with Crippen molar-refractivity contribution in [2.75, 3.05) is 45.3 Å². The van der Waals surface area contributed by atoms with Crippen LogP contribution in [0.2, 0.25) is 0 Å². The zero-order valence-electron chi connectivity index (χ0n) is 14.9. The monoisotopic (exact) mass is 351 g/mol. The summed E-state index contributed by atoms with van der Waals surface area (Å²) < 4.78 is 10.5. The highest BCUT2D eigenvalue weighted by Gasteiger charge is 2.23. The molecular formula is C20H21N3O3. The number of rotatable bonds is 4. The van der Waals surface area contributed by atoms with Crippen LogP contribution < -0.4 is 14.4 Å². The Hall–Kier alpha value is -3.20. The van der Waals surface area contributed by atoms with E-state index >= 15 is 0 Å². The molecule has 0 bridgehead atoms. The Kier molecular flexibility index (Phi) is 5.28. The number of anilines is 1. The molecule has 0 saturated carbocycles. The molecule has 1 heterocycles. The third-order valence-electron chi connectivity index (χ3n) is 4.53. The molecule has 0 radical (unpaired) electrons. The first kappa shape index (κ1) is 17.6. The van der Waals surface area contributed by atoms with Crippen molar-refractivity contribution in [1.82, 2.24) is 4.90 Å². The predicted octanol–water partition coefficient (Wildman–Crippen LogP) is 2.54. The van der Waals surface area contributed by atoms with Crippen LogP contribution in [0, 0.1) is 11.3 Å². The summed E-state index contributed by atoms with van der Waals surface area (Å²) in [6.07, 6.45) is 0. The van der Waals surface area contributed by atoms with Crippen LogP contribution in [-0.4, -0.2) is 51.2 Å². The molecule has 2 aromatic carbocycles. The summed E-state index contributed by atoms with van der Waals surface area (Å²) in [6, 6.07) is 14.9. The number of ether oxygens (including phenoxy) is 2. The first-order valence-corrected chi connectivity index (χ1v) is 8.42. The lowest BCUT2D eigenvalue weighted by Crippen LogP contribution is -2.48. The first-order valence-electron chi connectivity index (χ1n) is 8.42. The number of methoxy groups -OCH3 is 2. The Morgan fingerprint density at radius 2 is 1.54 bits per heavy atom. The number of piperazine rings is 1. The summed E-state index contributed by atoms with van der Waals surface area (Å²) in [5.41, 5.74) is 2.28. The second-order valence-electron chi connectivity index (χ2n) is 6.04. The van der Waals surface area contributed by atoms with Gasteiger partial charge < -0.3 is 19.3 Å². The van der Waals surface area contributed by atoms with Crippen LogP contribution in [0.1, 0.15) is 15.9 Å². The Balaban J connectivity index is 1.67. The Labute approximate surface area is 153 Å². The molecule has 0 spiro atoms. The van der Waals surface area contributed by atoms with E-state index in [-0.39, 0.29) is 5.91 Å². The number of carbonyl (C=O) groups is 1. The van der Waals surface area contributed by atoms with Gasteiger partial charge in [0.25, 0.3) is 5.91 Å². The van der Waals surface area contributed by atoms with Gasteiger partial charge in [0.1, 0.15) is 11.5 Å². The van der Waals surface area contributed by atoms with Gasteiger partial charge in [-0.3, -0.25) is 4.79 Å². The van der Waals surface area contributed by atoms with Crippen molar-refractivity contribution in [2.24, 2.45) is 0 Å². The van der Waals surface area contributed by atoms with E-state index in [9.17, 15) is 4.79 Å². The summed E-state index contributed by atoms with van der Waals surface area (Å²) >= 11 is 0. The van der Waals surface area contributed by atoms with Gasteiger partial charge in [-0.2, -0.15) is 5.26 Å². The van der Waals surface area contributed by atoms with Crippen molar-refractivity contribution < 1.29 is 14.3 Å². The molecule has 0 unspecified atom stereocenters. The molecule has 6 heteroatoms. The third-order valence-corrected chi connectivity index (χ3v) is 4.53. The van der Waals surface area contributed by atoms with Crippen LogP contribution in [0.15, 0.2) is 42.5 Å². The summed E-state index contributed by atoms with van der Waals surface area (Å²) in [6.45, 7) is 2.77. The van der Waals surface area contributed by atoms with Crippen LogP contribution in [0.3, 0.4) is 0 Å². The second-order valence-corrected chi connectivity index (χ2v) is 6.04. The first-order chi connectivity index (χ1) is 12.6. The molecule has 0 N–H and O–H groups in total. The van der Waals surface area contributed by atoms with E-state index in [0.717, 1.165) is 18.8 Å². The minimum atomic E-state index is -0.0262. The number of nitriles is 1. The van der Waals surface area contributed by atoms with Crippen molar-refractivity contribution in [3.8, 4) is 17.6 Å². The van der Waals surface area contributed by atoms with Gasteiger partial charge in [0.05, 0.1) is 25.9 Å². The molecule has 134 valence electrons. The van der Waals surface area contributed by atoms with Crippen LogP contribution >= 0.6 is 0 Å². The van der Waals surface area contributed by atoms with Gasteiger partial charge in [0.15, 0.2) is 0 Å². The van der Waals surface area contributed by atoms with Crippen LogP contribution in [0.25, 0.3) is 0 Å². The smallest absolute Gasteiger partial charge is 0.254 e. The highest BCUT2D eigenvalue weighted by atomic mass is 16.5. The molecule has 0 aromatic heterocycles. The van der Waals surface area contributed by atoms with Gasteiger partial charge in [-0.05, 0) is 36.4 Å². The van der Waals surface area contributed by atoms with Gasteiger partial charge in [-0.15, -0.1) is 0 Å². The lowest BCUT2D eigenvalue weighted by molar-refractivity contribution is 0.0746. The van der Waals surface area contributed by atoms with E-state index in [2.05, 4.69) is 11.0 Å². The molecule has 1 amide bonds. The molecule has 26 heavy (non-hydrogen) atoms. The van der Waals surface area contributed by atoms with Crippen LogP contribution in [0.4, 0.5) is 5.69 Å². The fraction of sp³-hybridized carbons (Fsp3) is 0.300. The molecule has 6 nitrogen and oxygen atoms in total. The fourth-order valence-electron chi connectivity index (χ4n) is 3.03. The maximum atomic E-state index is 12.8. The van der Waals surface area contributed by atoms with E-state index in [4.69, 9.17) is 14.7 Å². The summed E-state index contributed by atoms with van der Waals surface area (Å²) in [5, 5.41) is 8.89. The molecule has 3 rings (SSSR count). The van der Waals surface area contributed by atoms with Crippen molar-refractivity contribution in [3.63, 3.8) is 0 Å². The van der Waals surface area contributed by atoms with Gasteiger partial charge in [0.2, 0.25) is 0 Å². The molecule has 1 aliphatic rings. The van der Waals surface area contributed by atoms with E-state index in [1.54, 1.807) is 32.4 Å². The number of benzene rings is 2. The van der Waals surface area contributed by atoms with Crippen LogP contribution in [0.5, 0.6) is 11.5 Å². The van der Waals surface area contributed by atoms with Gasteiger partial charge in [0, 0.05) is 43.5 Å². The molecule has 1 fully saturated rings. The molecule has 0 atom stereocenters. The average molecular weight is 351 g/mol. The number of carbonyl (C=O) groups excluding carboxylic acids is 1. The Morgan fingerprint density at radius 1 is 0.962 bits per heavy atom. The van der Waals surface area contributed by atoms with Crippen molar-refractivity contribution >= 4 is 11.6 Å². The summed E-state index contributed by atoms with van der Waals surface area (Å²) in [5.74, 6) is 1.18. The normalized spacial score (nSPS) is 13.9. The zero-order chi connectivity index (χ0) is 18.5. The number of hydrogen-bond donors (Lipinski definition) is 0. The highest BCUT2D eigenvalue weighted by Crippen LogP contribution is 2.24. The number of hydrogen-bond acceptors (Lipinski definition) is 5. The Morgan fingerprint density at radius 3 is 2.04 bits per heavy atom. The third kappa shape index (κ3) is 3.72. The number of nitrogens with zero attached hydrogens (tertiary/aromatic N) is 3. The van der Waals surface area contributed by atoms with Crippen molar-refractivity contribution in [3.05, 3.63) is 53.6 Å². The second kappa shape index (κ2) is 7.79. The maximum Gasteiger partial charge on any atom is 0.254 e. The molecule has 0 aliphatic carbocycles. The average Bonchev–Trinajstić information content (AvgIpc) is 2.73. The SMILES string of the molecule is COc1cc(OC)cc(C(=O)N2CCN(c3ccc(C#N)cc3)CC2)c1. The quantitative estimate of drug-likeness (QED) is 0.847. The molecule has 1 saturated heterocycles. The lowest BCUT2D eigenvalue weighted by Gasteiger charge is -2.36.